The third-order valence-electron chi connectivity index (χ3n) is 4.57. The van der Waals surface area contributed by atoms with Crippen molar-refractivity contribution in [2.75, 3.05) is 13.1 Å². The number of hydrogen-bond acceptors (Lipinski definition) is 5. The Kier molecular flexibility index (Phi) is 3.73. The molecule has 0 aromatic carbocycles. The number of carbonyl (C=O) groups is 1. The van der Waals surface area contributed by atoms with Gasteiger partial charge in [0.15, 0.2) is 0 Å². The number of hydrogen-bond donors (Lipinski definition) is 0. The van der Waals surface area contributed by atoms with Gasteiger partial charge in [-0.25, -0.2) is 9.97 Å². The Morgan fingerprint density at radius 2 is 1.83 bits per heavy atom. The molecule has 1 saturated carbocycles. The molecule has 1 atom stereocenters. The summed E-state index contributed by atoms with van der Waals surface area (Å²) in [6.45, 7) is 1.46. The molecule has 2 aromatic rings. The van der Waals surface area contributed by atoms with Gasteiger partial charge in [0.05, 0.1) is 11.3 Å². The fourth-order valence-electron chi connectivity index (χ4n) is 3.11. The van der Waals surface area contributed by atoms with Gasteiger partial charge in [0, 0.05) is 55.9 Å². The SMILES string of the molecule is O=C(c1cnc(C2CC2)nc1)N1CCCC(c2cnccn2)C1. The Balaban J connectivity index is 1.47. The maximum atomic E-state index is 12.7. The summed E-state index contributed by atoms with van der Waals surface area (Å²) in [7, 11) is 0. The van der Waals surface area contributed by atoms with Crippen molar-refractivity contribution in [2.24, 2.45) is 0 Å². The van der Waals surface area contributed by atoms with Crippen molar-refractivity contribution >= 4 is 5.91 Å². The number of rotatable bonds is 3. The zero-order chi connectivity index (χ0) is 15.6. The van der Waals surface area contributed by atoms with Gasteiger partial charge in [0.25, 0.3) is 5.91 Å². The predicted molar refractivity (Wildman–Crippen MR) is 83.9 cm³/mol. The topological polar surface area (TPSA) is 71.9 Å². The van der Waals surface area contributed by atoms with E-state index in [-0.39, 0.29) is 11.8 Å². The van der Waals surface area contributed by atoms with Gasteiger partial charge in [-0.15, -0.1) is 0 Å². The van der Waals surface area contributed by atoms with E-state index >= 15 is 0 Å². The standard InChI is InChI=1S/C17H19N5O/c23-17(14-8-20-16(21-9-14)12-3-4-12)22-7-1-2-13(11-22)15-10-18-5-6-19-15/h5-6,8-10,12-13H,1-4,7,11H2. The maximum Gasteiger partial charge on any atom is 0.257 e. The zero-order valence-corrected chi connectivity index (χ0v) is 12.9. The van der Waals surface area contributed by atoms with Gasteiger partial charge in [0.2, 0.25) is 0 Å². The highest BCUT2D eigenvalue weighted by molar-refractivity contribution is 5.93. The largest absolute Gasteiger partial charge is 0.338 e. The molecule has 6 nitrogen and oxygen atoms in total. The third-order valence-corrected chi connectivity index (χ3v) is 4.57. The van der Waals surface area contributed by atoms with Crippen LogP contribution < -0.4 is 0 Å². The zero-order valence-electron chi connectivity index (χ0n) is 12.9. The van der Waals surface area contributed by atoms with Crippen LogP contribution in [0.3, 0.4) is 0 Å². The van der Waals surface area contributed by atoms with Crippen LogP contribution in [0.5, 0.6) is 0 Å². The molecule has 1 unspecified atom stereocenters. The molecule has 1 aliphatic heterocycles. The molecule has 6 heteroatoms. The molecule has 2 aliphatic rings. The summed E-state index contributed by atoms with van der Waals surface area (Å²) < 4.78 is 0. The molecule has 0 radical (unpaired) electrons. The predicted octanol–water partition coefficient (Wildman–Crippen LogP) is 2.16. The average Bonchev–Trinajstić information content (AvgIpc) is 3.47. The summed E-state index contributed by atoms with van der Waals surface area (Å²) in [6, 6.07) is 0. The van der Waals surface area contributed by atoms with E-state index in [1.807, 2.05) is 4.90 Å². The molecule has 23 heavy (non-hydrogen) atoms. The van der Waals surface area contributed by atoms with E-state index in [9.17, 15) is 4.79 Å². The molecule has 0 N–H and O–H groups in total. The molecule has 1 amide bonds. The van der Waals surface area contributed by atoms with E-state index in [4.69, 9.17) is 0 Å². The van der Waals surface area contributed by atoms with Crippen LogP contribution in [0.1, 0.15) is 59.4 Å². The van der Waals surface area contributed by atoms with E-state index < -0.39 is 0 Å². The summed E-state index contributed by atoms with van der Waals surface area (Å²) in [5.74, 6) is 1.65. The lowest BCUT2D eigenvalue weighted by molar-refractivity contribution is 0.0705. The van der Waals surface area contributed by atoms with Crippen molar-refractivity contribution in [3.63, 3.8) is 0 Å². The highest BCUT2D eigenvalue weighted by Gasteiger charge is 2.28. The minimum atomic E-state index is 0.0148. The molecule has 2 aromatic heterocycles. The van der Waals surface area contributed by atoms with E-state index in [1.54, 1.807) is 31.0 Å². The van der Waals surface area contributed by atoms with E-state index in [0.29, 0.717) is 18.0 Å². The Labute approximate surface area is 135 Å². The van der Waals surface area contributed by atoms with Crippen LogP contribution in [0.4, 0.5) is 0 Å². The van der Waals surface area contributed by atoms with Gasteiger partial charge in [-0.2, -0.15) is 0 Å². The van der Waals surface area contributed by atoms with Gasteiger partial charge in [0.1, 0.15) is 5.82 Å². The fraction of sp³-hybridized carbons (Fsp3) is 0.471. The average molecular weight is 309 g/mol. The van der Waals surface area contributed by atoms with Crippen LogP contribution >= 0.6 is 0 Å². The second-order valence-electron chi connectivity index (χ2n) is 6.32. The summed E-state index contributed by atoms with van der Waals surface area (Å²) in [6.07, 6.45) is 12.9. The van der Waals surface area contributed by atoms with Crippen LogP contribution in [0.2, 0.25) is 0 Å². The molecule has 4 rings (SSSR count). The van der Waals surface area contributed by atoms with E-state index in [2.05, 4.69) is 19.9 Å². The van der Waals surface area contributed by atoms with Gasteiger partial charge in [-0.3, -0.25) is 14.8 Å². The summed E-state index contributed by atoms with van der Waals surface area (Å²) in [5, 5.41) is 0. The smallest absolute Gasteiger partial charge is 0.257 e. The molecule has 2 fully saturated rings. The molecule has 1 aliphatic carbocycles. The maximum absolute atomic E-state index is 12.7. The van der Waals surface area contributed by atoms with E-state index in [0.717, 1.165) is 30.9 Å². The molecule has 0 bridgehead atoms. The van der Waals surface area contributed by atoms with Crippen molar-refractivity contribution < 1.29 is 4.79 Å². The molecular weight excluding hydrogens is 290 g/mol. The Morgan fingerprint density at radius 3 is 2.52 bits per heavy atom. The fourth-order valence-corrected chi connectivity index (χ4v) is 3.11. The highest BCUT2D eigenvalue weighted by atomic mass is 16.2. The second-order valence-corrected chi connectivity index (χ2v) is 6.32. The lowest BCUT2D eigenvalue weighted by Gasteiger charge is -2.32. The quantitative estimate of drug-likeness (QED) is 0.869. The molecule has 0 spiro atoms. The van der Waals surface area contributed by atoms with Crippen molar-refractivity contribution in [1.82, 2.24) is 24.8 Å². The van der Waals surface area contributed by atoms with Gasteiger partial charge in [-0.1, -0.05) is 0 Å². The first-order valence-corrected chi connectivity index (χ1v) is 8.18. The Bertz CT molecular complexity index is 684. The molecule has 118 valence electrons. The number of nitrogens with zero attached hydrogens (tertiary/aromatic N) is 5. The second kappa shape index (κ2) is 6.02. The molecular formula is C17H19N5O. The molecule has 3 heterocycles. The van der Waals surface area contributed by atoms with E-state index in [1.165, 1.54) is 12.8 Å². The number of aromatic nitrogens is 4. The van der Waals surface area contributed by atoms with Crippen molar-refractivity contribution in [3.8, 4) is 0 Å². The Hall–Kier alpha value is -2.37. The van der Waals surface area contributed by atoms with Gasteiger partial charge in [-0.05, 0) is 25.7 Å². The van der Waals surface area contributed by atoms with Crippen LogP contribution in [-0.2, 0) is 0 Å². The molecule has 1 saturated heterocycles. The third kappa shape index (κ3) is 3.06. The van der Waals surface area contributed by atoms with Crippen LogP contribution in [0, 0.1) is 0 Å². The highest BCUT2D eigenvalue weighted by Crippen LogP contribution is 2.37. The lowest BCUT2D eigenvalue weighted by atomic mass is 9.94. The van der Waals surface area contributed by atoms with Crippen molar-refractivity contribution in [1.29, 1.82) is 0 Å². The lowest BCUT2D eigenvalue weighted by Crippen LogP contribution is -2.39. The van der Waals surface area contributed by atoms with Crippen LogP contribution in [0.15, 0.2) is 31.0 Å². The number of carbonyl (C=O) groups excluding carboxylic acids is 1. The first-order valence-electron chi connectivity index (χ1n) is 8.18. The first kappa shape index (κ1) is 14.2. The summed E-state index contributed by atoms with van der Waals surface area (Å²) in [5.41, 5.74) is 1.54. The summed E-state index contributed by atoms with van der Waals surface area (Å²) >= 11 is 0. The monoisotopic (exact) mass is 309 g/mol. The Morgan fingerprint density at radius 1 is 1.00 bits per heavy atom. The van der Waals surface area contributed by atoms with Crippen molar-refractivity contribution in [2.45, 2.75) is 37.5 Å². The van der Waals surface area contributed by atoms with Crippen LogP contribution in [-0.4, -0.2) is 43.8 Å². The van der Waals surface area contributed by atoms with Gasteiger partial charge < -0.3 is 4.90 Å². The van der Waals surface area contributed by atoms with Crippen molar-refractivity contribution in [3.05, 3.63) is 48.1 Å². The number of amides is 1. The number of piperidine rings is 1. The summed E-state index contributed by atoms with van der Waals surface area (Å²) in [4.78, 5) is 31.8. The normalized spacial score (nSPS) is 21.2. The van der Waals surface area contributed by atoms with Crippen LogP contribution in [0.25, 0.3) is 0 Å². The number of likely N-dealkylation sites (tertiary alicyclic amines) is 1. The minimum Gasteiger partial charge on any atom is -0.338 e. The first-order chi connectivity index (χ1) is 11.3. The minimum absolute atomic E-state index is 0.0148. The van der Waals surface area contributed by atoms with Gasteiger partial charge >= 0.3 is 0 Å².